The molecule has 1 N–H and O–H groups in total. The number of aryl methyl sites for hydroxylation is 2. The molecule has 6 heteroatoms. The number of rotatable bonds is 9. The molecule has 0 aliphatic carbocycles. The van der Waals surface area contributed by atoms with Gasteiger partial charge in [0.2, 0.25) is 0 Å². The second-order valence-corrected chi connectivity index (χ2v) is 9.24. The molecular formula is C25H26O5S. The molecule has 0 spiro atoms. The molecule has 0 saturated heterocycles. The van der Waals surface area contributed by atoms with Gasteiger partial charge in [0.1, 0.15) is 5.75 Å². The fraction of sp³-hybridized carbons (Fsp3) is 0.240. The van der Waals surface area contributed by atoms with Crippen LogP contribution in [0.2, 0.25) is 0 Å². The van der Waals surface area contributed by atoms with Crippen LogP contribution in [-0.4, -0.2) is 31.1 Å². The Bertz CT molecular complexity index is 1150. The van der Waals surface area contributed by atoms with Gasteiger partial charge in [0.25, 0.3) is 10.1 Å². The fourth-order valence-electron chi connectivity index (χ4n) is 3.23. The van der Waals surface area contributed by atoms with Crippen molar-refractivity contribution in [2.75, 3.05) is 12.4 Å². The van der Waals surface area contributed by atoms with E-state index in [0.29, 0.717) is 23.3 Å². The van der Waals surface area contributed by atoms with E-state index in [0.717, 1.165) is 22.3 Å². The molecule has 0 aliphatic rings. The van der Waals surface area contributed by atoms with E-state index in [1.165, 1.54) is 0 Å². The van der Waals surface area contributed by atoms with E-state index >= 15 is 0 Å². The van der Waals surface area contributed by atoms with Crippen LogP contribution in [-0.2, 0) is 16.5 Å². The van der Waals surface area contributed by atoms with Crippen LogP contribution in [0.3, 0.4) is 0 Å². The van der Waals surface area contributed by atoms with E-state index in [-0.39, 0.29) is 24.6 Å². The van der Waals surface area contributed by atoms with Crippen LogP contribution >= 0.6 is 0 Å². The number of benzene rings is 3. The Morgan fingerprint density at radius 3 is 2.06 bits per heavy atom. The van der Waals surface area contributed by atoms with E-state index < -0.39 is 10.1 Å². The number of hydrogen-bond donors (Lipinski definition) is 1. The molecule has 0 unspecified atom stereocenters. The Labute approximate surface area is 183 Å². The topological polar surface area (TPSA) is 80.7 Å². The highest BCUT2D eigenvalue weighted by Gasteiger charge is 2.11. The van der Waals surface area contributed by atoms with Crippen LogP contribution < -0.4 is 4.74 Å². The summed E-state index contributed by atoms with van der Waals surface area (Å²) in [6.45, 7) is 4.14. The van der Waals surface area contributed by atoms with E-state index in [4.69, 9.17) is 9.29 Å². The van der Waals surface area contributed by atoms with Gasteiger partial charge in [-0.1, -0.05) is 66.2 Å². The zero-order valence-corrected chi connectivity index (χ0v) is 18.5. The predicted molar refractivity (Wildman–Crippen MR) is 122 cm³/mol. The first kappa shape index (κ1) is 22.7. The number of ether oxygens (including phenoxy) is 1. The molecule has 0 bridgehead atoms. The molecule has 0 saturated carbocycles. The molecule has 0 amide bonds. The van der Waals surface area contributed by atoms with Crippen molar-refractivity contribution in [3.05, 3.63) is 100 Å². The van der Waals surface area contributed by atoms with Crippen LogP contribution in [0.4, 0.5) is 0 Å². The number of carbonyl (C=O) groups is 1. The minimum absolute atomic E-state index is 0.00950. The molecule has 3 aromatic carbocycles. The van der Waals surface area contributed by atoms with Gasteiger partial charge in [0, 0.05) is 17.5 Å². The van der Waals surface area contributed by atoms with Gasteiger partial charge in [-0.15, -0.1) is 0 Å². The van der Waals surface area contributed by atoms with E-state index in [2.05, 4.69) is 0 Å². The first-order valence-corrected chi connectivity index (χ1v) is 11.7. The standard InChI is InChI=1S/C25H26O5S/c1-18-4-9-21(10-5-18)25(26)22-12-7-20(8-13-22)17-23-11-6-19(2)16-24(23)30-14-3-15-31(27,28)29/h4-13,16H,3,14-15,17H2,1-2H3,(H,27,28,29). The van der Waals surface area contributed by atoms with Gasteiger partial charge >= 0.3 is 0 Å². The SMILES string of the molecule is Cc1ccc(C(=O)c2ccc(Cc3ccc(C)cc3OCCCS(=O)(=O)O)cc2)cc1. The lowest BCUT2D eigenvalue weighted by Crippen LogP contribution is -2.09. The summed E-state index contributed by atoms with van der Waals surface area (Å²) in [7, 11) is -3.99. The minimum atomic E-state index is -3.99. The summed E-state index contributed by atoms with van der Waals surface area (Å²) >= 11 is 0. The van der Waals surface area contributed by atoms with Crippen molar-refractivity contribution in [2.45, 2.75) is 26.7 Å². The summed E-state index contributed by atoms with van der Waals surface area (Å²) in [5.41, 5.74) is 5.45. The first-order valence-electron chi connectivity index (χ1n) is 10.1. The molecule has 0 fully saturated rings. The van der Waals surface area contributed by atoms with Crippen LogP contribution in [0.1, 0.15) is 44.6 Å². The van der Waals surface area contributed by atoms with Crippen molar-refractivity contribution in [3.8, 4) is 5.75 Å². The Hall–Kier alpha value is -2.96. The molecule has 0 heterocycles. The number of ketones is 1. The zero-order chi connectivity index (χ0) is 22.4. The molecule has 162 valence electrons. The third kappa shape index (κ3) is 6.77. The van der Waals surface area contributed by atoms with Crippen LogP contribution in [0.5, 0.6) is 5.75 Å². The van der Waals surface area contributed by atoms with Gasteiger partial charge in [-0.2, -0.15) is 8.42 Å². The minimum Gasteiger partial charge on any atom is -0.493 e. The molecule has 3 rings (SSSR count). The molecule has 0 aliphatic heterocycles. The van der Waals surface area contributed by atoms with E-state index in [1.807, 2.05) is 80.6 Å². The summed E-state index contributed by atoms with van der Waals surface area (Å²) in [5.74, 6) is 0.352. The third-order valence-electron chi connectivity index (χ3n) is 4.95. The lowest BCUT2D eigenvalue weighted by Gasteiger charge is -2.13. The van der Waals surface area contributed by atoms with Gasteiger partial charge < -0.3 is 4.74 Å². The highest BCUT2D eigenvalue weighted by atomic mass is 32.2. The van der Waals surface area contributed by atoms with Gasteiger partial charge in [-0.05, 0) is 43.0 Å². The Morgan fingerprint density at radius 1 is 0.871 bits per heavy atom. The van der Waals surface area contributed by atoms with Gasteiger partial charge in [0.05, 0.1) is 12.4 Å². The summed E-state index contributed by atoms with van der Waals surface area (Å²) in [6, 6.07) is 21.0. The highest BCUT2D eigenvalue weighted by Crippen LogP contribution is 2.24. The fourth-order valence-corrected chi connectivity index (χ4v) is 3.71. The predicted octanol–water partition coefficient (Wildman–Crippen LogP) is 4.78. The van der Waals surface area contributed by atoms with Crippen LogP contribution in [0, 0.1) is 13.8 Å². The van der Waals surface area contributed by atoms with Gasteiger partial charge in [0.15, 0.2) is 5.78 Å². The molecule has 0 atom stereocenters. The third-order valence-corrected chi connectivity index (χ3v) is 5.76. The molecule has 31 heavy (non-hydrogen) atoms. The maximum Gasteiger partial charge on any atom is 0.264 e. The Balaban J connectivity index is 1.69. The normalized spacial score (nSPS) is 11.3. The first-order chi connectivity index (χ1) is 14.7. The van der Waals surface area contributed by atoms with E-state index in [9.17, 15) is 13.2 Å². The van der Waals surface area contributed by atoms with Crippen LogP contribution in [0.25, 0.3) is 0 Å². The number of carbonyl (C=O) groups excluding carboxylic acids is 1. The second kappa shape index (κ2) is 9.90. The molecular weight excluding hydrogens is 412 g/mol. The zero-order valence-electron chi connectivity index (χ0n) is 17.7. The molecule has 0 radical (unpaired) electrons. The molecule has 0 aromatic heterocycles. The average Bonchev–Trinajstić information content (AvgIpc) is 2.73. The van der Waals surface area contributed by atoms with Gasteiger partial charge in [-0.25, -0.2) is 0 Å². The van der Waals surface area contributed by atoms with Gasteiger partial charge in [-0.3, -0.25) is 9.35 Å². The van der Waals surface area contributed by atoms with Crippen molar-refractivity contribution in [2.24, 2.45) is 0 Å². The maximum atomic E-state index is 12.7. The summed E-state index contributed by atoms with van der Waals surface area (Å²) in [5, 5.41) is 0. The lowest BCUT2D eigenvalue weighted by molar-refractivity contribution is 0.103. The Kier molecular flexibility index (Phi) is 7.25. The summed E-state index contributed by atoms with van der Waals surface area (Å²) in [6.07, 6.45) is 0.828. The molecule has 3 aromatic rings. The van der Waals surface area contributed by atoms with Crippen molar-refractivity contribution in [1.82, 2.24) is 0 Å². The average molecular weight is 439 g/mol. The lowest BCUT2D eigenvalue weighted by atomic mass is 9.98. The smallest absolute Gasteiger partial charge is 0.264 e. The molecule has 5 nitrogen and oxygen atoms in total. The van der Waals surface area contributed by atoms with E-state index in [1.54, 1.807) is 0 Å². The quantitative estimate of drug-likeness (QED) is 0.295. The second-order valence-electron chi connectivity index (χ2n) is 7.67. The Morgan fingerprint density at radius 2 is 1.45 bits per heavy atom. The largest absolute Gasteiger partial charge is 0.493 e. The summed E-state index contributed by atoms with van der Waals surface area (Å²) in [4.78, 5) is 12.7. The van der Waals surface area contributed by atoms with Crippen molar-refractivity contribution in [1.29, 1.82) is 0 Å². The summed E-state index contributed by atoms with van der Waals surface area (Å²) < 4.78 is 36.4. The van der Waals surface area contributed by atoms with Crippen molar-refractivity contribution >= 4 is 15.9 Å². The monoisotopic (exact) mass is 438 g/mol. The van der Waals surface area contributed by atoms with Crippen LogP contribution in [0.15, 0.2) is 66.7 Å². The highest BCUT2D eigenvalue weighted by molar-refractivity contribution is 7.85. The number of hydrogen-bond acceptors (Lipinski definition) is 4. The van der Waals surface area contributed by atoms with Crippen molar-refractivity contribution < 1.29 is 22.5 Å². The van der Waals surface area contributed by atoms with Crippen molar-refractivity contribution in [3.63, 3.8) is 0 Å². The maximum absolute atomic E-state index is 12.7.